The largest absolute Gasteiger partial charge is 0.465 e. The Morgan fingerprint density at radius 3 is 2.84 bits per heavy atom. The van der Waals surface area contributed by atoms with Gasteiger partial charge in [0.25, 0.3) is 0 Å². The van der Waals surface area contributed by atoms with Crippen LogP contribution in [0.3, 0.4) is 0 Å². The number of ether oxygens (including phenoxy) is 1. The number of carbonyl (C=O) groups is 1. The molecule has 160 valence electrons. The summed E-state index contributed by atoms with van der Waals surface area (Å²) in [5, 5.41) is 3.76. The summed E-state index contributed by atoms with van der Waals surface area (Å²) in [6.45, 7) is 4.16. The molecule has 0 spiro atoms. The van der Waals surface area contributed by atoms with Gasteiger partial charge in [0, 0.05) is 16.2 Å². The number of nitrogens with zero attached hydrogens (tertiary/aromatic N) is 2. The molecule has 3 aromatic rings. The molecule has 1 aliphatic rings. The Balaban J connectivity index is 1.72. The summed E-state index contributed by atoms with van der Waals surface area (Å²) < 4.78 is 12.4. The number of esters is 1. The first-order valence-corrected chi connectivity index (χ1v) is 11.2. The van der Waals surface area contributed by atoms with Gasteiger partial charge in [-0.25, -0.2) is 0 Å². The molecule has 1 aromatic carbocycles. The zero-order valence-corrected chi connectivity index (χ0v) is 19.6. The van der Waals surface area contributed by atoms with E-state index in [1.807, 2.05) is 55.5 Å². The zero-order valence-electron chi connectivity index (χ0n) is 17.2. The maximum atomic E-state index is 12.3. The van der Waals surface area contributed by atoms with Crippen molar-refractivity contribution in [2.75, 3.05) is 13.2 Å². The maximum absolute atomic E-state index is 12.3. The first kappa shape index (κ1) is 21.5. The van der Waals surface area contributed by atoms with E-state index >= 15 is 0 Å². The smallest absolute Gasteiger partial charge is 0.325 e. The summed E-state index contributed by atoms with van der Waals surface area (Å²) >= 11 is 9.18. The Bertz CT molecular complexity index is 1100. The molecule has 2 atom stereocenters. The number of furan rings is 1. The molecule has 1 N–H and O–H groups in total. The Labute approximate surface area is 194 Å². The van der Waals surface area contributed by atoms with Crippen molar-refractivity contribution < 1.29 is 13.9 Å². The van der Waals surface area contributed by atoms with E-state index in [4.69, 9.17) is 21.4 Å². The third kappa shape index (κ3) is 4.50. The first-order valence-electron chi connectivity index (χ1n) is 9.98. The van der Waals surface area contributed by atoms with Crippen LogP contribution < -0.4 is 5.32 Å². The molecule has 0 amide bonds. The molecule has 4 rings (SSSR count). The predicted octanol–water partition coefficient (Wildman–Crippen LogP) is 4.95. The molecule has 0 bridgehead atoms. The molecule has 0 radical (unpaired) electrons. The van der Waals surface area contributed by atoms with Crippen molar-refractivity contribution in [1.82, 2.24) is 15.2 Å². The number of nitrogens with one attached hydrogen (secondary N) is 1. The minimum Gasteiger partial charge on any atom is -0.465 e. The Hall–Kier alpha value is -2.71. The molecule has 31 heavy (non-hydrogen) atoms. The van der Waals surface area contributed by atoms with Crippen molar-refractivity contribution in [1.29, 1.82) is 0 Å². The number of rotatable bonds is 6. The molecule has 0 saturated carbocycles. The third-order valence-electron chi connectivity index (χ3n) is 5.11. The Morgan fingerprint density at radius 2 is 2.13 bits per heavy atom. The fourth-order valence-corrected chi connectivity index (χ4v) is 4.70. The number of thiocarbonyl (C=S) groups is 1. The minimum absolute atomic E-state index is 0.0257. The van der Waals surface area contributed by atoms with Crippen molar-refractivity contribution >= 4 is 39.2 Å². The highest BCUT2D eigenvalue weighted by molar-refractivity contribution is 9.10. The van der Waals surface area contributed by atoms with Gasteiger partial charge < -0.3 is 19.4 Å². The van der Waals surface area contributed by atoms with Crippen LogP contribution in [0.15, 0.2) is 63.6 Å². The molecule has 1 saturated heterocycles. The average Bonchev–Trinajstić information content (AvgIpc) is 3.34. The monoisotopic (exact) mass is 499 g/mol. The normalized spacial score (nSPS) is 18.2. The summed E-state index contributed by atoms with van der Waals surface area (Å²) in [5.74, 6) is 1.08. The zero-order chi connectivity index (χ0) is 22.0. The molecule has 6 nitrogen and oxygen atoms in total. The standard InChI is InChI=1S/C23H22BrN3O3S/c1-3-29-20(28)13-27-22(21(26-23(27)31)17-6-4-5-11-25-17)19-10-9-18(30-19)15-8-7-14(2)12-16(15)24/h4-12,21-22H,3,13H2,1-2H3,(H,26,31)/t21-,22+/m0/s1. The predicted molar refractivity (Wildman–Crippen MR) is 125 cm³/mol. The quantitative estimate of drug-likeness (QED) is 0.380. The summed E-state index contributed by atoms with van der Waals surface area (Å²) in [6.07, 6.45) is 1.74. The van der Waals surface area contributed by atoms with Gasteiger partial charge in [0.05, 0.1) is 18.3 Å². The van der Waals surface area contributed by atoms with Crippen LogP contribution in [-0.4, -0.2) is 34.1 Å². The molecule has 2 aromatic heterocycles. The SMILES string of the molecule is CCOC(=O)CN1C(=S)N[C@@H](c2ccccn2)[C@H]1c1ccc(-c2ccc(C)cc2Br)o1. The van der Waals surface area contributed by atoms with Gasteiger partial charge in [-0.3, -0.25) is 9.78 Å². The fourth-order valence-electron chi connectivity index (χ4n) is 3.71. The van der Waals surface area contributed by atoms with Crippen LogP contribution in [0.5, 0.6) is 0 Å². The molecule has 0 aliphatic carbocycles. The highest BCUT2D eigenvalue weighted by atomic mass is 79.9. The number of aromatic nitrogens is 1. The fraction of sp³-hybridized carbons (Fsp3) is 0.261. The van der Waals surface area contributed by atoms with Crippen LogP contribution >= 0.6 is 28.1 Å². The molecular weight excluding hydrogens is 478 g/mol. The third-order valence-corrected chi connectivity index (χ3v) is 6.12. The van der Waals surface area contributed by atoms with Crippen LogP contribution in [0.25, 0.3) is 11.3 Å². The lowest BCUT2D eigenvalue weighted by Crippen LogP contribution is -2.35. The number of pyridine rings is 1. The molecule has 0 unspecified atom stereocenters. The summed E-state index contributed by atoms with van der Waals surface area (Å²) in [4.78, 5) is 18.6. The molecule has 3 heterocycles. The minimum atomic E-state index is -0.343. The van der Waals surface area contributed by atoms with Crippen molar-refractivity contribution in [3.63, 3.8) is 0 Å². The maximum Gasteiger partial charge on any atom is 0.325 e. The van der Waals surface area contributed by atoms with Gasteiger partial charge in [0.2, 0.25) is 0 Å². The van der Waals surface area contributed by atoms with E-state index < -0.39 is 0 Å². The lowest BCUT2D eigenvalue weighted by atomic mass is 10.0. The summed E-state index contributed by atoms with van der Waals surface area (Å²) in [6, 6.07) is 15.1. The molecular formula is C23H22BrN3O3S. The second kappa shape index (κ2) is 9.20. The van der Waals surface area contributed by atoms with Gasteiger partial charge in [-0.05, 0) is 68.0 Å². The van der Waals surface area contributed by atoms with Crippen LogP contribution in [0, 0.1) is 6.92 Å². The molecule has 1 fully saturated rings. The number of halogens is 1. The second-order valence-corrected chi connectivity index (χ2v) is 8.49. The van der Waals surface area contributed by atoms with Gasteiger partial charge in [-0.2, -0.15) is 0 Å². The van der Waals surface area contributed by atoms with E-state index in [0.717, 1.165) is 27.1 Å². The molecule has 1 aliphatic heterocycles. The number of hydrogen-bond acceptors (Lipinski definition) is 5. The number of aryl methyl sites for hydroxylation is 1. The van der Waals surface area contributed by atoms with E-state index in [0.29, 0.717) is 17.5 Å². The lowest BCUT2D eigenvalue weighted by Gasteiger charge is -2.25. The van der Waals surface area contributed by atoms with E-state index in [-0.39, 0.29) is 24.6 Å². The van der Waals surface area contributed by atoms with Crippen molar-refractivity contribution in [2.45, 2.75) is 25.9 Å². The average molecular weight is 500 g/mol. The van der Waals surface area contributed by atoms with Gasteiger partial charge in [0.1, 0.15) is 24.1 Å². The number of benzene rings is 1. The van der Waals surface area contributed by atoms with Crippen LogP contribution in [0.2, 0.25) is 0 Å². The van der Waals surface area contributed by atoms with E-state index in [2.05, 4.69) is 26.2 Å². The van der Waals surface area contributed by atoms with Crippen LogP contribution in [0.1, 0.15) is 36.0 Å². The topological polar surface area (TPSA) is 67.6 Å². The van der Waals surface area contributed by atoms with E-state index in [1.165, 1.54) is 0 Å². The summed E-state index contributed by atoms with van der Waals surface area (Å²) in [5.41, 5.74) is 2.93. The van der Waals surface area contributed by atoms with Gasteiger partial charge in [-0.1, -0.05) is 28.1 Å². The van der Waals surface area contributed by atoms with Crippen LogP contribution in [-0.2, 0) is 9.53 Å². The summed E-state index contributed by atoms with van der Waals surface area (Å²) in [7, 11) is 0. The molecule has 8 heteroatoms. The van der Waals surface area contributed by atoms with Gasteiger partial charge >= 0.3 is 5.97 Å². The first-order chi connectivity index (χ1) is 15.0. The lowest BCUT2D eigenvalue weighted by molar-refractivity contribution is -0.143. The Morgan fingerprint density at radius 1 is 1.29 bits per heavy atom. The number of hydrogen-bond donors (Lipinski definition) is 1. The highest BCUT2D eigenvalue weighted by Gasteiger charge is 2.42. The van der Waals surface area contributed by atoms with Crippen molar-refractivity contribution in [2.24, 2.45) is 0 Å². The number of carbonyl (C=O) groups excluding carboxylic acids is 1. The Kier molecular flexibility index (Phi) is 6.38. The van der Waals surface area contributed by atoms with Crippen LogP contribution in [0.4, 0.5) is 0 Å². The van der Waals surface area contributed by atoms with E-state index in [9.17, 15) is 4.79 Å². The van der Waals surface area contributed by atoms with E-state index in [1.54, 1.807) is 18.0 Å². The second-order valence-electron chi connectivity index (χ2n) is 7.24. The van der Waals surface area contributed by atoms with Gasteiger partial charge in [-0.15, -0.1) is 0 Å². The van der Waals surface area contributed by atoms with Crippen molar-refractivity contribution in [3.05, 3.63) is 76.2 Å². The highest BCUT2D eigenvalue weighted by Crippen LogP contribution is 2.41. The van der Waals surface area contributed by atoms with Crippen molar-refractivity contribution in [3.8, 4) is 11.3 Å². The van der Waals surface area contributed by atoms with Gasteiger partial charge in [0.15, 0.2) is 5.11 Å².